The monoisotopic (exact) mass is 320 g/mol. The second-order valence-corrected chi connectivity index (χ2v) is 8.76. The fraction of sp³-hybridized carbons (Fsp3) is 0.143. The number of quaternary nitrogens is 1. The smallest absolute Gasteiger partial charge is 0.132 e. The van der Waals surface area contributed by atoms with Crippen molar-refractivity contribution in [3.63, 3.8) is 0 Å². The van der Waals surface area contributed by atoms with Gasteiger partial charge < -0.3 is 0 Å². The van der Waals surface area contributed by atoms with Crippen LogP contribution in [0.15, 0.2) is 84.9 Å². The van der Waals surface area contributed by atoms with Crippen LogP contribution in [0.2, 0.25) is 0 Å². The van der Waals surface area contributed by atoms with Crippen molar-refractivity contribution in [2.75, 3.05) is 21.1 Å². The Bertz CT molecular complexity index is 704. The summed E-state index contributed by atoms with van der Waals surface area (Å²) >= 11 is 0. The van der Waals surface area contributed by atoms with Gasteiger partial charge in [0, 0.05) is 0 Å². The molecular weight excluding hydrogens is 297 g/mol. The molecule has 0 aliphatic carbocycles. The number of hydrogen-bond donors (Lipinski definition) is 0. The van der Waals surface area contributed by atoms with Gasteiger partial charge in [-0.15, -0.1) is 0 Å². The van der Waals surface area contributed by atoms with Crippen LogP contribution in [0, 0.1) is 0 Å². The second-order valence-electron chi connectivity index (χ2n) is 6.54. The molecule has 0 aromatic heterocycles. The lowest BCUT2D eigenvalue weighted by atomic mass is 10.3. The molecule has 0 amide bonds. The van der Waals surface area contributed by atoms with E-state index in [1.54, 1.807) is 0 Å². The van der Waals surface area contributed by atoms with E-state index >= 15 is 0 Å². The van der Waals surface area contributed by atoms with E-state index < -0.39 is 7.92 Å². The van der Waals surface area contributed by atoms with Gasteiger partial charge in [-0.3, -0.25) is 4.48 Å². The Morgan fingerprint density at radius 3 is 1.30 bits per heavy atom. The third-order valence-corrected chi connectivity index (χ3v) is 6.35. The summed E-state index contributed by atoms with van der Waals surface area (Å²) in [4.78, 5) is 0. The van der Waals surface area contributed by atoms with Gasteiger partial charge in [-0.2, -0.15) is 0 Å². The number of hydrogen-bond acceptors (Lipinski definition) is 0. The molecule has 23 heavy (non-hydrogen) atoms. The van der Waals surface area contributed by atoms with Crippen LogP contribution in [0.5, 0.6) is 0 Å². The predicted molar refractivity (Wildman–Crippen MR) is 105 cm³/mol. The average Bonchev–Trinajstić information content (AvgIpc) is 2.57. The lowest BCUT2D eigenvalue weighted by molar-refractivity contribution is 0.486. The van der Waals surface area contributed by atoms with Crippen molar-refractivity contribution in [2.45, 2.75) is 0 Å². The second kappa shape index (κ2) is 6.66. The molecule has 0 saturated carbocycles. The van der Waals surface area contributed by atoms with Crippen LogP contribution < -0.4 is 20.4 Å². The van der Waals surface area contributed by atoms with E-state index in [1.165, 1.54) is 21.6 Å². The molecule has 0 atom stereocenters. The van der Waals surface area contributed by atoms with Gasteiger partial charge in [-0.25, -0.2) is 0 Å². The summed E-state index contributed by atoms with van der Waals surface area (Å²) in [6, 6.07) is 30.8. The highest BCUT2D eigenvalue weighted by Crippen LogP contribution is 2.33. The van der Waals surface area contributed by atoms with Gasteiger partial charge in [-0.05, 0) is 48.1 Å². The molecular formula is C21H23NP+. The summed E-state index contributed by atoms with van der Waals surface area (Å²) in [6.45, 7) is 0. The van der Waals surface area contributed by atoms with Crippen molar-refractivity contribution in [1.82, 2.24) is 4.48 Å². The molecule has 2 heteroatoms. The molecule has 0 spiro atoms. The van der Waals surface area contributed by atoms with Crippen LogP contribution in [-0.4, -0.2) is 21.1 Å². The number of nitrogens with zero attached hydrogens (tertiary/aromatic N) is 1. The first-order chi connectivity index (χ1) is 11.1. The molecule has 3 aromatic carbocycles. The molecule has 116 valence electrons. The minimum absolute atomic E-state index is 0.501. The van der Waals surface area contributed by atoms with Gasteiger partial charge in [0.15, 0.2) is 0 Å². The van der Waals surface area contributed by atoms with Crippen molar-refractivity contribution < 1.29 is 0 Å². The Balaban J connectivity index is 2.06. The van der Waals surface area contributed by atoms with Crippen LogP contribution >= 0.6 is 7.92 Å². The Morgan fingerprint density at radius 1 is 0.522 bits per heavy atom. The highest BCUT2D eigenvalue weighted by Gasteiger charge is 2.18. The molecule has 3 aromatic rings. The van der Waals surface area contributed by atoms with Crippen LogP contribution in [0.25, 0.3) is 0 Å². The highest BCUT2D eigenvalue weighted by molar-refractivity contribution is 7.79. The zero-order valence-corrected chi connectivity index (χ0v) is 14.9. The molecule has 3 rings (SSSR count). The third-order valence-electron chi connectivity index (χ3n) is 3.91. The minimum Gasteiger partial charge on any atom is -0.298 e. The summed E-state index contributed by atoms with van der Waals surface area (Å²) in [5.74, 6) is 0. The van der Waals surface area contributed by atoms with Gasteiger partial charge in [-0.1, -0.05) is 60.7 Å². The van der Waals surface area contributed by atoms with Crippen molar-refractivity contribution >= 4 is 29.5 Å². The van der Waals surface area contributed by atoms with E-state index in [2.05, 4.69) is 106 Å². The largest absolute Gasteiger partial charge is 0.298 e. The molecule has 0 bridgehead atoms. The van der Waals surface area contributed by atoms with Crippen molar-refractivity contribution in [1.29, 1.82) is 0 Å². The lowest BCUT2D eigenvalue weighted by Crippen LogP contribution is -2.35. The van der Waals surface area contributed by atoms with Gasteiger partial charge in [0.2, 0.25) is 0 Å². The molecule has 0 aliphatic heterocycles. The maximum absolute atomic E-state index is 2.30. The molecule has 0 fully saturated rings. The van der Waals surface area contributed by atoms with Crippen LogP contribution in [0.1, 0.15) is 0 Å². The van der Waals surface area contributed by atoms with Crippen LogP contribution in [0.4, 0.5) is 5.69 Å². The normalized spacial score (nSPS) is 11.7. The SMILES string of the molecule is C[N+](C)(C)c1ccc(P(c2ccccc2)c2ccccc2)cc1. The number of rotatable bonds is 4. The molecule has 0 N–H and O–H groups in total. The van der Waals surface area contributed by atoms with Gasteiger partial charge in [0.25, 0.3) is 0 Å². The zero-order chi connectivity index (χ0) is 16.3. The molecule has 0 heterocycles. The Morgan fingerprint density at radius 2 is 0.913 bits per heavy atom. The fourth-order valence-electron chi connectivity index (χ4n) is 2.65. The quantitative estimate of drug-likeness (QED) is 0.508. The Labute approximate surface area is 140 Å². The lowest BCUT2D eigenvalue weighted by Gasteiger charge is -2.25. The highest BCUT2D eigenvalue weighted by atomic mass is 31.1. The minimum atomic E-state index is -0.501. The average molecular weight is 320 g/mol. The van der Waals surface area contributed by atoms with E-state index in [1.807, 2.05) is 0 Å². The topological polar surface area (TPSA) is 0 Å². The summed E-state index contributed by atoms with van der Waals surface area (Å²) in [5, 5.41) is 4.19. The zero-order valence-electron chi connectivity index (χ0n) is 14.0. The molecule has 0 unspecified atom stereocenters. The summed E-state index contributed by atoms with van der Waals surface area (Å²) in [6.07, 6.45) is 0. The summed E-state index contributed by atoms with van der Waals surface area (Å²) < 4.78 is 0.842. The van der Waals surface area contributed by atoms with Crippen molar-refractivity contribution in [2.24, 2.45) is 0 Å². The van der Waals surface area contributed by atoms with Crippen LogP contribution in [0.3, 0.4) is 0 Å². The van der Waals surface area contributed by atoms with Gasteiger partial charge in [0.05, 0.1) is 21.1 Å². The van der Waals surface area contributed by atoms with E-state index in [4.69, 9.17) is 0 Å². The summed E-state index contributed by atoms with van der Waals surface area (Å²) in [7, 11) is 6.10. The maximum Gasteiger partial charge on any atom is 0.132 e. The first-order valence-electron chi connectivity index (χ1n) is 7.88. The van der Waals surface area contributed by atoms with Gasteiger partial charge in [0.1, 0.15) is 5.69 Å². The first-order valence-corrected chi connectivity index (χ1v) is 9.22. The molecule has 0 radical (unpaired) electrons. The Hall–Kier alpha value is -1.95. The predicted octanol–water partition coefficient (Wildman–Crippen LogP) is 3.64. The van der Waals surface area contributed by atoms with Crippen LogP contribution in [-0.2, 0) is 0 Å². The fourth-order valence-corrected chi connectivity index (χ4v) is 4.93. The summed E-state index contributed by atoms with van der Waals surface area (Å²) in [5.41, 5.74) is 1.32. The molecule has 0 saturated heterocycles. The van der Waals surface area contributed by atoms with Gasteiger partial charge >= 0.3 is 0 Å². The van der Waals surface area contributed by atoms with E-state index in [0.29, 0.717) is 0 Å². The number of benzene rings is 3. The first kappa shape index (κ1) is 15.9. The standard InChI is InChI=1S/C21H23NP/c1-22(2,3)18-14-16-21(17-15-18)23(19-10-6-4-7-11-19)20-12-8-5-9-13-20/h4-17H,1-3H3/q+1. The van der Waals surface area contributed by atoms with E-state index in [9.17, 15) is 0 Å². The van der Waals surface area contributed by atoms with Crippen molar-refractivity contribution in [3.05, 3.63) is 84.9 Å². The third kappa shape index (κ3) is 3.69. The van der Waals surface area contributed by atoms with Crippen molar-refractivity contribution in [3.8, 4) is 0 Å². The molecule has 0 aliphatic rings. The van der Waals surface area contributed by atoms with E-state index in [-0.39, 0.29) is 0 Å². The molecule has 1 nitrogen and oxygen atoms in total. The van der Waals surface area contributed by atoms with E-state index in [0.717, 1.165) is 4.48 Å². The Kier molecular flexibility index (Phi) is 4.61. The maximum atomic E-state index is 2.30.